The van der Waals surface area contributed by atoms with E-state index < -0.39 is 12.1 Å². The van der Waals surface area contributed by atoms with Crippen molar-refractivity contribution < 1.29 is 19.8 Å². The maximum Gasteiger partial charge on any atom is 0.323 e. The number of allylic oxidation sites excluding steroid dienone is 1. The summed E-state index contributed by atoms with van der Waals surface area (Å²) in [6.45, 7) is 16.6. The highest BCUT2D eigenvalue weighted by atomic mass is 16.3. The lowest BCUT2D eigenvalue weighted by molar-refractivity contribution is 0.261. The van der Waals surface area contributed by atoms with Crippen molar-refractivity contribution in [1.82, 2.24) is 0 Å². The predicted molar refractivity (Wildman–Crippen MR) is 188 cm³/mol. The Morgan fingerprint density at radius 1 is 0.587 bits per heavy atom. The van der Waals surface area contributed by atoms with Crippen LogP contribution in [0.15, 0.2) is 97.1 Å². The summed E-state index contributed by atoms with van der Waals surface area (Å²) in [5.74, 6) is -0.102. The predicted octanol–water partition coefficient (Wildman–Crippen LogP) is 9.32. The Balaban J connectivity index is 1.59. The van der Waals surface area contributed by atoms with Gasteiger partial charge in [-0.05, 0) is 71.2 Å². The average Bonchev–Trinajstić information content (AvgIpc) is 2.97. The van der Waals surface area contributed by atoms with E-state index in [-0.39, 0.29) is 33.7 Å². The summed E-state index contributed by atoms with van der Waals surface area (Å²) in [5.41, 5.74) is 5.07. The number of para-hydroxylation sites is 2. The minimum Gasteiger partial charge on any atom is -0.505 e. The minimum atomic E-state index is -0.474. The van der Waals surface area contributed by atoms with Crippen LogP contribution >= 0.6 is 0 Å². The lowest BCUT2D eigenvalue weighted by atomic mass is 9.83. The standard InChI is InChI=1S/C38H44N4O4/c1-24(18-25-20-27(37(2,3)4)22-31(33(25)43)41-35(45)39-29-14-10-8-11-15-29)19-26-21-28(38(5,6)7)23-32(34(26)44)42-36(46)40-30-16-12-9-13-17-30/h8-17,20-23,43-44H,1,18-19H2,2-7H3,(H2,39,41,45)(H2,40,42,46). The molecule has 6 N–H and O–H groups in total. The van der Waals surface area contributed by atoms with Crippen molar-refractivity contribution in [2.45, 2.75) is 65.2 Å². The second-order valence-corrected chi connectivity index (χ2v) is 13.6. The second kappa shape index (κ2) is 13.8. The molecule has 0 aliphatic carbocycles. The van der Waals surface area contributed by atoms with Crippen LogP contribution in [0.3, 0.4) is 0 Å². The van der Waals surface area contributed by atoms with Gasteiger partial charge in [-0.25, -0.2) is 9.59 Å². The number of hydrogen-bond donors (Lipinski definition) is 6. The summed E-state index contributed by atoms with van der Waals surface area (Å²) >= 11 is 0. The molecule has 0 fully saturated rings. The van der Waals surface area contributed by atoms with Crippen molar-refractivity contribution in [1.29, 1.82) is 0 Å². The van der Waals surface area contributed by atoms with Crippen molar-refractivity contribution >= 4 is 34.8 Å². The molecule has 8 nitrogen and oxygen atoms in total. The summed E-state index contributed by atoms with van der Waals surface area (Å²) in [4.78, 5) is 25.6. The number of amides is 4. The topological polar surface area (TPSA) is 123 Å². The SMILES string of the molecule is C=C(Cc1cc(C(C)(C)C)cc(NC(=O)Nc2ccccc2)c1O)Cc1cc(C(C)(C)C)cc(NC(=O)Nc2ccccc2)c1O. The third kappa shape index (κ3) is 8.91. The molecule has 0 atom stereocenters. The zero-order chi connectivity index (χ0) is 33.6. The van der Waals surface area contributed by atoms with Crippen molar-refractivity contribution in [2.75, 3.05) is 21.3 Å². The van der Waals surface area contributed by atoms with Crippen molar-refractivity contribution in [2.24, 2.45) is 0 Å². The number of phenolic OH excluding ortho intramolecular Hbond substituents is 2. The molecular weight excluding hydrogens is 576 g/mol. The molecule has 4 amide bonds. The van der Waals surface area contributed by atoms with Gasteiger partial charge in [-0.15, -0.1) is 0 Å². The molecular formula is C38H44N4O4. The largest absolute Gasteiger partial charge is 0.505 e. The smallest absolute Gasteiger partial charge is 0.323 e. The molecule has 0 aliphatic rings. The molecule has 46 heavy (non-hydrogen) atoms. The summed E-state index contributed by atoms with van der Waals surface area (Å²) in [6.07, 6.45) is 0.586. The van der Waals surface area contributed by atoms with Gasteiger partial charge in [0.2, 0.25) is 0 Å². The number of phenols is 2. The fourth-order valence-corrected chi connectivity index (χ4v) is 4.93. The first-order valence-corrected chi connectivity index (χ1v) is 15.3. The van der Waals surface area contributed by atoms with Crippen LogP contribution in [-0.2, 0) is 23.7 Å². The Morgan fingerprint density at radius 2 is 0.935 bits per heavy atom. The van der Waals surface area contributed by atoms with Crippen LogP contribution in [0.5, 0.6) is 11.5 Å². The zero-order valence-corrected chi connectivity index (χ0v) is 27.4. The van der Waals surface area contributed by atoms with Gasteiger partial charge in [0.05, 0.1) is 11.4 Å². The average molecular weight is 621 g/mol. The highest BCUT2D eigenvalue weighted by Crippen LogP contribution is 2.38. The lowest BCUT2D eigenvalue weighted by Gasteiger charge is -2.24. The van der Waals surface area contributed by atoms with Gasteiger partial charge in [-0.3, -0.25) is 0 Å². The van der Waals surface area contributed by atoms with Crippen LogP contribution in [0.25, 0.3) is 0 Å². The molecule has 4 aromatic carbocycles. The van der Waals surface area contributed by atoms with Crippen LogP contribution in [0.1, 0.15) is 63.8 Å². The third-order valence-electron chi connectivity index (χ3n) is 7.55. The Hall–Kier alpha value is -5.24. The van der Waals surface area contributed by atoms with Crippen molar-refractivity contribution in [3.8, 4) is 11.5 Å². The molecule has 0 bridgehead atoms. The Morgan fingerprint density at radius 3 is 1.26 bits per heavy atom. The van der Waals surface area contributed by atoms with Crippen molar-refractivity contribution in [3.63, 3.8) is 0 Å². The maximum absolute atomic E-state index is 12.8. The van der Waals surface area contributed by atoms with Crippen LogP contribution in [0.4, 0.5) is 32.3 Å². The van der Waals surface area contributed by atoms with Crippen LogP contribution in [-0.4, -0.2) is 22.3 Å². The highest BCUT2D eigenvalue weighted by Gasteiger charge is 2.23. The van der Waals surface area contributed by atoms with E-state index in [1.807, 2.05) is 48.5 Å². The Bertz CT molecular complexity index is 1590. The summed E-state index contributed by atoms with van der Waals surface area (Å²) in [5, 5.41) is 33.7. The second-order valence-electron chi connectivity index (χ2n) is 13.6. The maximum atomic E-state index is 12.8. The number of nitrogens with one attached hydrogen (secondary N) is 4. The molecule has 0 unspecified atom stereocenters. The van der Waals surface area contributed by atoms with E-state index in [1.54, 1.807) is 36.4 Å². The number of urea groups is 2. The van der Waals surface area contributed by atoms with Gasteiger partial charge in [0.15, 0.2) is 0 Å². The van der Waals surface area contributed by atoms with Gasteiger partial charge >= 0.3 is 12.1 Å². The number of anilines is 4. The van der Waals surface area contributed by atoms with Gasteiger partial charge in [0.1, 0.15) is 11.5 Å². The normalized spacial score (nSPS) is 11.4. The van der Waals surface area contributed by atoms with Crippen LogP contribution < -0.4 is 21.3 Å². The highest BCUT2D eigenvalue weighted by molar-refractivity contribution is 6.01. The van der Waals surface area contributed by atoms with Crippen LogP contribution in [0.2, 0.25) is 0 Å². The summed E-state index contributed by atoms with van der Waals surface area (Å²) in [7, 11) is 0. The van der Waals surface area contributed by atoms with Gasteiger partial charge < -0.3 is 31.5 Å². The summed E-state index contributed by atoms with van der Waals surface area (Å²) < 4.78 is 0. The van der Waals surface area contributed by atoms with Crippen LogP contribution in [0, 0.1) is 0 Å². The zero-order valence-electron chi connectivity index (χ0n) is 27.4. The lowest BCUT2D eigenvalue weighted by Crippen LogP contribution is -2.21. The number of aromatic hydroxyl groups is 2. The van der Waals surface area contributed by atoms with E-state index in [0.29, 0.717) is 35.3 Å². The molecule has 0 heterocycles. The molecule has 0 spiro atoms. The van der Waals surface area contributed by atoms with Gasteiger partial charge in [-0.1, -0.05) is 102 Å². The first-order chi connectivity index (χ1) is 21.6. The van der Waals surface area contributed by atoms with Gasteiger partial charge in [0, 0.05) is 22.5 Å². The molecule has 0 aromatic heterocycles. The summed E-state index contributed by atoms with van der Waals surface area (Å²) in [6, 6.07) is 24.6. The molecule has 4 aromatic rings. The Labute approximate surface area is 271 Å². The van der Waals surface area contributed by atoms with E-state index >= 15 is 0 Å². The number of hydrogen-bond acceptors (Lipinski definition) is 4. The molecule has 0 aliphatic heterocycles. The first kappa shape index (κ1) is 33.6. The van der Waals surface area contributed by atoms with E-state index in [2.05, 4.69) is 69.4 Å². The first-order valence-electron chi connectivity index (χ1n) is 15.3. The van der Waals surface area contributed by atoms with E-state index in [4.69, 9.17) is 0 Å². The quantitative estimate of drug-likeness (QED) is 0.0868. The third-order valence-corrected chi connectivity index (χ3v) is 7.55. The molecule has 8 heteroatoms. The number of carbonyl (C=O) groups is 2. The van der Waals surface area contributed by atoms with Gasteiger partial charge in [-0.2, -0.15) is 0 Å². The monoisotopic (exact) mass is 620 g/mol. The van der Waals surface area contributed by atoms with E-state index in [9.17, 15) is 19.8 Å². The number of carbonyl (C=O) groups excluding carboxylic acids is 2. The van der Waals surface area contributed by atoms with E-state index in [0.717, 1.165) is 16.7 Å². The van der Waals surface area contributed by atoms with Gasteiger partial charge in [0.25, 0.3) is 0 Å². The number of benzene rings is 4. The Kier molecular flexibility index (Phi) is 10.1. The van der Waals surface area contributed by atoms with Crippen molar-refractivity contribution in [3.05, 3.63) is 119 Å². The molecule has 0 saturated carbocycles. The fraction of sp³-hybridized carbons (Fsp3) is 0.263. The fourth-order valence-electron chi connectivity index (χ4n) is 4.93. The van der Waals surface area contributed by atoms with E-state index in [1.165, 1.54) is 0 Å². The molecule has 4 rings (SSSR count). The molecule has 0 radical (unpaired) electrons. The number of rotatable bonds is 8. The molecule has 240 valence electrons. The molecule has 0 saturated heterocycles. The minimum absolute atomic E-state index is 0.0510.